The third kappa shape index (κ3) is 5.14. The number of hydrogen-bond donors (Lipinski definition) is 1. The van der Waals surface area contributed by atoms with Gasteiger partial charge in [0.1, 0.15) is 6.61 Å². The van der Waals surface area contributed by atoms with E-state index in [9.17, 15) is 22.8 Å². The van der Waals surface area contributed by atoms with Crippen LogP contribution in [0.5, 0.6) is 0 Å². The Hall–Kier alpha value is -1.18. The molecule has 1 heterocycles. The van der Waals surface area contributed by atoms with Gasteiger partial charge in [0.25, 0.3) is 0 Å². The molecule has 1 aliphatic rings. The number of rotatable bonds is 3. The van der Waals surface area contributed by atoms with Crippen molar-refractivity contribution < 1.29 is 27.5 Å². The summed E-state index contributed by atoms with van der Waals surface area (Å²) < 4.78 is 41.2. The zero-order chi connectivity index (χ0) is 14.5. The highest BCUT2D eigenvalue weighted by Crippen LogP contribution is 2.21. The fraction of sp³-hybridized carbons (Fsp3) is 0.800. The van der Waals surface area contributed by atoms with Gasteiger partial charge in [-0.1, -0.05) is 0 Å². The summed E-state index contributed by atoms with van der Waals surface area (Å²) in [5.74, 6) is -1.66. The standard InChI is InChI=1S/C10H14ClF3N2O3/c11-3-6-19-9(18)15-7-1-4-16(5-2-7)8(17)10(12,13)14/h7H,1-6H2,(H,15,18). The van der Waals surface area contributed by atoms with Gasteiger partial charge < -0.3 is 15.0 Å². The first-order chi connectivity index (χ1) is 8.84. The highest BCUT2D eigenvalue weighted by atomic mass is 35.5. The van der Waals surface area contributed by atoms with Crippen LogP contribution >= 0.6 is 11.6 Å². The lowest BCUT2D eigenvalue weighted by Gasteiger charge is -2.32. The summed E-state index contributed by atoms with van der Waals surface area (Å²) in [5.41, 5.74) is 0. The van der Waals surface area contributed by atoms with E-state index in [0.717, 1.165) is 4.90 Å². The molecule has 0 atom stereocenters. The molecule has 2 amide bonds. The molecule has 0 aliphatic carbocycles. The molecule has 0 aromatic rings. The zero-order valence-electron chi connectivity index (χ0n) is 10.0. The van der Waals surface area contributed by atoms with Crippen molar-refractivity contribution in [1.82, 2.24) is 10.2 Å². The minimum absolute atomic E-state index is 0.0429. The van der Waals surface area contributed by atoms with E-state index in [1.54, 1.807) is 0 Å². The van der Waals surface area contributed by atoms with E-state index in [4.69, 9.17) is 11.6 Å². The van der Waals surface area contributed by atoms with Gasteiger partial charge in [0.05, 0.1) is 5.88 Å². The molecule has 1 rings (SSSR count). The van der Waals surface area contributed by atoms with Crippen LogP contribution in [0.2, 0.25) is 0 Å². The van der Waals surface area contributed by atoms with Gasteiger partial charge in [-0.05, 0) is 12.8 Å². The minimum atomic E-state index is -4.85. The topological polar surface area (TPSA) is 58.6 Å². The summed E-state index contributed by atoms with van der Waals surface area (Å²) in [5, 5.41) is 2.51. The van der Waals surface area contributed by atoms with Crippen molar-refractivity contribution >= 4 is 23.6 Å². The molecule has 0 bridgehead atoms. The lowest BCUT2D eigenvalue weighted by atomic mass is 10.1. The first-order valence-corrected chi connectivity index (χ1v) is 6.23. The number of alkyl halides is 4. The first-order valence-electron chi connectivity index (χ1n) is 5.70. The number of alkyl carbamates (subject to hydrolysis) is 1. The molecular weight excluding hydrogens is 289 g/mol. The summed E-state index contributed by atoms with van der Waals surface area (Å²) in [6.07, 6.45) is -4.98. The van der Waals surface area contributed by atoms with Gasteiger partial charge in [-0.15, -0.1) is 11.6 Å². The Morgan fingerprint density at radius 2 is 1.89 bits per heavy atom. The number of amides is 2. The van der Waals surface area contributed by atoms with Crippen molar-refractivity contribution in [3.8, 4) is 0 Å². The average Bonchev–Trinajstić information content (AvgIpc) is 2.35. The molecule has 0 aromatic carbocycles. The predicted octanol–water partition coefficient (Wildman–Crippen LogP) is 1.50. The van der Waals surface area contributed by atoms with Gasteiger partial charge in [0.2, 0.25) is 0 Å². The molecule has 0 saturated carbocycles. The maximum atomic E-state index is 12.2. The second-order valence-electron chi connectivity index (χ2n) is 4.03. The maximum Gasteiger partial charge on any atom is 0.471 e. The number of ether oxygens (including phenoxy) is 1. The fourth-order valence-electron chi connectivity index (χ4n) is 1.75. The highest BCUT2D eigenvalue weighted by Gasteiger charge is 2.43. The first kappa shape index (κ1) is 15.9. The molecule has 1 aliphatic heterocycles. The predicted molar refractivity (Wildman–Crippen MR) is 60.9 cm³/mol. The van der Waals surface area contributed by atoms with Crippen LogP contribution in [0.4, 0.5) is 18.0 Å². The van der Waals surface area contributed by atoms with Crippen LogP contribution in [-0.2, 0) is 9.53 Å². The van der Waals surface area contributed by atoms with Crippen molar-refractivity contribution in [3.05, 3.63) is 0 Å². The second-order valence-corrected chi connectivity index (χ2v) is 4.41. The van der Waals surface area contributed by atoms with Crippen molar-refractivity contribution in [2.75, 3.05) is 25.6 Å². The van der Waals surface area contributed by atoms with Gasteiger partial charge in [0, 0.05) is 19.1 Å². The molecule has 1 saturated heterocycles. The van der Waals surface area contributed by atoms with Crippen LogP contribution in [0.25, 0.3) is 0 Å². The van der Waals surface area contributed by atoms with Crippen LogP contribution in [0.1, 0.15) is 12.8 Å². The molecule has 0 aromatic heterocycles. The molecule has 1 fully saturated rings. The number of piperidine rings is 1. The van der Waals surface area contributed by atoms with E-state index < -0.39 is 18.2 Å². The molecule has 19 heavy (non-hydrogen) atoms. The molecule has 9 heteroatoms. The number of carbonyl (C=O) groups is 2. The third-order valence-electron chi connectivity index (χ3n) is 2.66. The fourth-order valence-corrected chi connectivity index (χ4v) is 1.82. The van der Waals surface area contributed by atoms with E-state index in [1.165, 1.54) is 0 Å². The normalized spacial score (nSPS) is 17.2. The van der Waals surface area contributed by atoms with Crippen LogP contribution in [-0.4, -0.2) is 54.7 Å². The van der Waals surface area contributed by atoms with Crippen molar-refractivity contribution in [2.45, 2.75) is 25.1 Å². The molecule has 0 spiro atoms. The Morgan fingerprint density at radius 3 is 2.37 bits per heavy atom. The number of hydrogen-bond acceptors (Lipinski definition) is 3. The number of nitrogens with one attached hydrogen (secondary N) is 1. The Bertz CT molecular complexity index is 330. The SMILES string of the molecule is O=C(NC1CCN(C(=O)C(F)(F)F)CC1)OCCCl. The van der Waals surface area contributed by atoms with Gasteiger partial charge >= 0.3 is 18.2 Å². The van der Waals surface area contributed by atoms with Crippen LogP contribution in [0, 0.1) is 0 Å². The second kappa shape index (κ2) is 6.83. The summed E-state index contributed by atoms with van der Waals surface area (Å²) in [6.45, 7) is -0.0175. The smallest absolute Gasteiger partial charge is 0.448 e. The summed E-state index contributed by atoms with van der Waals surface area (Å²) in [6, 6.07) is -0.292. The largest absolute Gasteiger partial charge is 0.471 e. The molecule has 5 nitrogen and oxygen atoms in total. The average molecular weight is 303 g/mol. The van der Waals surface area contributed by atoms with Gasteiger partial charge in [-0.25, -0.2) is 4.79 Å². The highest BCUT2D eigenvalue weighted by molar-refractivity contribution is 6.18. The van der Waals surface area contributed by atoms with Gasteiger partial charge in [-0.3, -0.25) is 4.79 Å². The number of carbonyl (C=O) groups excluding carboxylic acids is 2. The van der Waals surface area contributed by atoms with Crippen molar-refractivity contribution in [2.24, 2.45) is 0 Å². The monoisotopic (exact) mass is 302 g/mol. The Morgan fingerprint density at radius 1 is 1.32 bits per heavy atom. The number of nitrogens with zero attached hydrogens (tertiary/aromatic N) is 1. The minimum Gasteiger partial charge on any atom is -0.448 e. The van der Waals surface area contributed by atoms with Crippen molar-refractivity contribution in [3.63, 3.8) is 0 Å². The van der Waals surface area contributed by atoms with Crippen molar-refractivity contribution in [1.29, 1.82) is 0 Å². The summed E-state index contributed by atoms with van der Waals surface area (Å²) in [7, 11) is 0. The van der Waals surface area contributed by atoms with E-state index in [0.29, 0.717) is 0 Å². The van der Waals surface area contributed by atoms with E-state index >= 15 is 0 Å². The van der Waals surface area contributed by atoms with Crippen LogP contribution < -0.4 is 5.32 Å². The maximum absolute atomic E-state index is 12.2. The molecular formula is C10H14ClF3N2O3. The van der Waals surface area contributed by atoms with Crippen LogP contribution in [0.3, 0.4) is 0 Å². The Kier molecular flexibility index (Phi) is 5.71. The molecule has 110 valence electrons. The van der Waals surface area contributed by atoms with E-state index in [2.05, 4.69) is 10.1 Å². The Labute approximate surface area is 113 Å². The van der Waals surface area contributed by atoms with Crippen LogP contribution in [0.15, 0.2) is 0 Å². The zero-order valence-corrected chi connectivity index (χ0v) is 10.8. The van der Waals surface area contributed by atoms with Gasteiger partial charge in [-0.2, -0.15) is 13.2 Å². The van der Waals surface area contributed by atoms with E-state index in [1.807, 2.05) is 0 Å². The quantitative estimate of drug-likeness (QED) is 0.804. The lowest BCUT2D eigenvalue weighted by Crippen LogP contribution is -2.50. The third-order valence-corrected chi connectivity index (χ3v) is 2.81. The summed E-state index contributed by atoms with van der Waals surface area (Å²) >= 11 is 5.33. The molecule has 0 unspecified atom stereocenters. The Balaban J connectivity index is 2.33. The number of halogens is 4. The summed E-state index contributed by atoms with van der Waals surface area (Å²) in [4.78, 5) is 22.9. The van der Waals surface area contributed by atoms with Gasteiger partial charge in [0.15, 0.2) is 0 Å². The number of likely N-dealkylation sites (tertiary alicyclic amines) is 1. The lowest BCUT2D eigenvalue weighted by molar-refractivity contribution is -0.186. The molecule has 1 N–H and O–H groups in total. The van der Waals surface area contributed by atoms with E-state index in [-0.39, 0.29) is 44.5 Å². The molecule has 0 radical (unpaired) electrons.